The quantitative estimate of drug-likeness (QED) is 0.671. The zero-order chi connectivity index (χ0) is 19.8. The first-order valence-electron chi connectivity index (χ1n) is 10.0. The molecule has 10 heteroatoms. The molecule has 0 aliphatic carbocycles. The Morgan fingerprint density at radius 1 is 1.24 bits per heavy atom. The zero-order valence-electron chi connectivity index (χ0n) is 16.2. The van der Waals surface area contributed by atoms with Crippen LogP contribution in [0.5, 0.6) is 0 Å². The highest BCUT2D eigenvalue weighted by Crippen LogP contribution is 2.35. The third-order valence-corrected chi connectivity index (χ3v) is 5.50. The molecule has 2 fully saturated rings. The van der Waals surface area contributed by atoms with Gasteiger partial charge >= 0.3 is 0 Å². The topological polar surface area (TPSA) is 120 Å². The Kier molecular flexibility index (Phi) is 4.62. The van der Waals surface area contributed by atoms with Gasteiger partial charge in [-0.25, -0.2) is 9.67 Å². The first kappa shape index (κ1) is 18.0. The number of hydrogen-bond donors (Lipinski definition) is 2. The van der Waals surface area contributed by atoms with Gasteiger partial charge in [0.25, 0.3) is 5.89 Å². The number of ether oxygens (including phenoxy) is 1. The van der Waals surface area contributed by atoms with Crippen LogP contribution >= 0.6 is 0 Å². The molecule has 0 aromatic carbocycles. The van der Waals surface area contributed by atoms with Gasteiger partial charge in [-0.1, -0.05) is 0 Å². The summed E-state index contributed by atoms with van der Waals surface area (Å²) in [5.74, 6) is 0.813. The van der Waals surface area contributed by atoms with E-state index in [4.69, 9.17) is 9.15 Å². The minimum absolute atomic E-state index is 0.00619. The van der Waals surface area contributed by atoms with Gasteiger partial charge < -0.3 is 19.8 Å². The fraction of sp³-hybridized carbons (Fsp3) is 0.526. The number of carbonyl (C=O) groups excluding carboxylic acids is 1. The molecule has 10 nitrogen and oxygen atoms in total. The van der Waals surface area contributed by atoms with Gasteiger partial charge in [0, 0.05) is 38.4 Å². The standard InChI is InChI=1S/C19H23N7O3/c1-2-26-17-12(10-21-26)16(22-11-5-7-28-8-6-11)13(9-20-17)18-24-25-19(29-18)14-3-4-15(27)23-14/h9-11,14H,2-8H2,1H3,(H,20,22)(H,23,27). The summed E-state index contributed by atoms with van der Waals surface area (Å²) in [6.45, 7) is 4.25. The Bertz CT molecular complexity index is 1040. The molecule has 2 aliphatic heterocycles. The largest absolute Gasteiger partial charge is 0.418 e. The Labute approximate surface area is 167 Å². The Balaban J connectivity index is 1.54. The average molecular weight is 397 g/mol. The monoisotopic (exact) mass is 397 g/mol. The predicted octanol–water partition coefficient (Wildman–Crippen LogP) is 2.04. The minimum atomic E-state index is -0.227. The van der Waals surface area contributed by atoms with Crippen LogP contribution in [0.3, 0.4) is 0 Å². The third kappa shape index (κ3) is 3.33. The summed E-state index contributed by atoms with van der Waals surface area (Å²) in [6, 6.07) is 0.0600. The molecule has 5 heterocycles. The van der Waals surface area contributed by atoms with Crippen LogP contribution in [0.1, 0.15) is 44.5 Å². The summed E-state index contributed by atoms with van der Waals surface area (Å²) in [6.07, 6.45) is 6.56. The molecule has 2 N–H and O–H groups in total. The molecule has 1 atom stereocenters. The van der Waals surface area contributed by atoms with E-state index in [9.17, 15) is 4.79 Å². The maximum absolute atomic E-state index is 11.5. The van der Waals surface area contributed by atoms with Gasteiger partial charge in [-0.2, -0.15) is 5.10 Å². The molecule has 0 spiro atoms. The number of hydrogen-bond acceptors (Lipinski definition) is 8. The van der Waals surface area contributed by atoms with E-state index in [0.29, 0.717) is 24.6 Å². The number of aryl methyl sites for hydroxylation is 1. The molecule has 1 unspecified atom stereocenters. The number of amides is 1. The van der Waals surface area contributed by atoms with Gasteiger partial charge in [0.1, 0.15) is 6.04 Å². The van der Waals surface area contributed by atoms with E-state index in [0.717, 1.165) is 54.9 Å². The molecule has 0 bridgehead atoms. The second kappa shape index (κ2) is 7.43. The van der Waals surface area contributed by atoms with E-state index in [1.54, 1.807) is 6.20 Å². The van der Waals surface area contributed by atoms with Gasteiger partial charge in [0.2, 0.25) is 11.8 Å². The van der Waals surface area contributed by atoms with Crippen molar-refractivity contribution >= 4 is 22.6 Å². The lowest BCUT2D eigenvalue weighted by molar-refractivity contribution is -0.119. The lowest BCUT2D eigenvalue weighted by atomic mass is 10.1. The van der Waals surface area contributed by atoms with Crippen LogP contribution in [0, 0.1) is 0 Å². The lowest BCUT2D eigenvalue weighted by Gasteiger charge is -2.25. The van der Waals surface area contributed by atoms with Crippen molar-refractivity contribution in [1.29, 1.82) is 0 Å². The fourth-order valence-corrected chi connectivity index (χ4v) is 3.91. The number of pyridine rings is 1. The highest BCUT2D eigenvalue weighted by Gasteiger charge is 2.28. The van der Waals surface area contributed by atoms with Crippen molar-refractivity contribution in [2.45, 2.75) is 51.2 Å². The first-order chi connectivity index (χ1) is 14.2. The second-order valence-corrected chi connectivity index (χ2v) is 7.38. The normalized spacial score (nSPS) is 20.3. The highest BCUT2D eigenvalue weighted by atomic mass is 16.5. The van der Waals surface area contributed by atoms with Crippen LogP contribution in [0.15, 0.2) is 16.8 Å². The molecule has 2 saturated heterocycles. The SMILES string of the molecule is CCn1ncc2c(NC3CCOCC3)c(-c3nnc(C4CCC(=O)N4)o3)cnc21. The van der Waals surface area contributed by atoms with Crippen molar-refractivity contribution in [2.75, 3.05) is 18.5 Å². The fourth-order valence-electron chi connectivity index (χ4n) is 3.91. The number of fused-ring (bicyclic) bond motifs is 1. The smallest absolute Gasteiger partial charge is 0.251 e. The van der Waals surface area contributed by atoms with Crippen LogP contribution < -0.4 is 10.6 Å². The van der Waals surface area contributed by atoms with E-state index < -0.39 is 0 Å². The Morgan fingerprint density at radius 2 is 2.10 bits per heavy atom. The summed E-state index contributed by atoms with van der Waals surface area (Å²) in [7, 11) is 0. The van der Waals surface area contributed by atoms with Crippen molar-refractivity contribution in [3.05, 3.63) is 18.3 Å². The van der Waals surface area contributed by atoms with E-state index in [-0.39, 0.29) is 18.0 Å². The summed E-state index contributed by atoms with van der Waals surface area (Å²) >= 11 is 0. The van der Waals surface area contributed by atoms with Gasteiger partial charge in [0.15, 0.2) is 5.65 Å². The number of carbonyl (C=O) groups is 1. The maximum atomic E-state index is 11.5. The van der Waals surface area contributed by atoms with Crippen molar-refractivity contribution < 1.29 is 13.9 Å². The highest BCUT2D eigenvalue weighted by molar-refractivity contribution is 5.96. The lowest BCUT2D eigenvalue weighted by Crippen LogP contribution is -2.28. The molecule has 3 aromatic rings. The van der Waals surface area contributed by atoms with Gasteiger partial charge in [-0.05, 0) is 26.2 Å². The van der Waals surface area contributed by atoms with Gasteiger partial charge in [-0.3, -0.25) is 4.79 Å². The van der Waals surface area contributed by atoms with Gasteiger partial charge in [0.05, 0.1) is 22.8 Å². The van der Waals surface area contributed by atoms with Crippen LogP contribution in [0.4, 0.5) is 5.69 Å². The first-order valence-corrected chi connectivity index (χ1v) is 10.0. The molecule has 5 rings (SSSR count). The summed E-state index contributed by atoms with van der Waals surface area (Å²) < 4.78 is 13.3. The maximum Gasteiger partial charge on any atom is 0.251 e. The zero-order valence-corrected chi connectivity index (χ0v) is 16.2. The third-order valence-electron chi connectivity index (χ3n) is 5.50. The van der Waals surface area contributed by atoms with Crippen LogP contribution in [0.25, 0.3) is 22.5 Å². The van der Waals surface area contributed by atoms with Crippen molar-refractivity contribution in [3.63, 3.8) is 0 Å². The van der Waals surface area contributed by atoms with E-state index in [1.807, 2.05) is 17.8 Å². The number of anilines is 1. The van der Waals surface area contributed by atoms with E-state index in [1.165, 1.54) is 0 Å². The number of aromatic nitrogens is 5. The number of nitrogens with one attached hydrogen (secondary N) is 2. The van der Waals surface area contributed by atoms with Crippen molar-refractivity contribution in [3.8, 4) is 11.5 Å². The number of rotatable bonds is 5. The van der Waals surface area contributed by atoms with E-state index in [2.05, 4.69) is 30.9 Å². The molecular formula is C19H23N7O3. The Morgan fingerprint density at radius 3 is 2.86 bits per heavy atom. The van der Waals surface area contributed by atoms with Gasteiger partial charge in [-0.15, -0.1) is 10.2 Å². The molecule has 1 amide bonds. The molecule has 152 valence electrons. The second-order valence-electron chi connectivity index (χ2n) is 7.38. The summed E-state index contributed by atoms with van der Waals surface area (Å²) in [5, 5.41) is 20.3. The van der Waals surface area contributed by atoms with Crippen LogP contribution in [0.2, 0.25) is 0 Å². The van der Waals surface area contributed by atoms with Crippen molar-refractivity contribution in [1.82, 2.24) is 30.3 Å². The van der Waals surface area contributed by atoms with Crippen molar-refractivity contribution in [2.24, 2.45) is 0 Å². The summed E-state index contributed by atoms with van der Waals surface area (Å²) in [4.78, 5) is 16.1. The molecule has 29 heavy (non-hydrogen) atoms. The summed E-state index contributed by atoms with van der Waals surface area (Å²) in [5.41, 5.74) is 2.45. The predicted molar refractivity (Wildman–Crippen MR) is 104 cm³/mol. The number of nitrogens with zero attached hydrogens (tertiary/aromatic N) is 5. The van der Waals surface area contributed by atoms with E-state index >= 15 is 0 Å². The van der Waals surface area contributed by atoms with Crippen LogP contribution in [-0.2, 0) is 16.1 Å². The van der Waals surface area contributed by atoms with Crippen LogP contribution in [-0.4, -0.2) is 50.1 Å². The Hall–Kier alpha value is -3.01. The molecule has 0 saturated carbocycles. The average Bonchev–Trinajstić information content (AvgIpc) is 3.48. The molecular weight excluding hydrogens is 374 g/mol. The molecule has 2 aliphatic rings. The molecule has 0 radical (unpaired) electrons. The molecule has 3 aromatic heterocycles. The minimum Gasteiger partial charge on any atom is -0.418 e.